The van der Waals surface area contributed by atoms with Crippen LogP contribution in [0.25, 0.3) is 0 Å². The fourth-order valence-corrected chi connectivity index (χ4v) is 2.67. The molecule has 0 bridgehead atoms. The van der Waals surface area contributed by atoms with Gasteiger partial charge >= 0.3 is 6.09 Å². The highest BCUT2D eigenvalue weighted by molar-refractivity contribution is 5.68. The molecule has 0 aromatic carbocycles. The highest BCUT2D eigenvalue weighted by Gasteiger charge is 2.26. The third kappa shape index (κ3) is 6.56. The Hall–Kier alpha value is -1.63. The summed E-state index contributed by atoms with van der Waals surface area (Å²) in [5.74, 6) is 0.639. The van der Waals surface area contributed by atoms with Crippen LogP contribution in [0.3, 0.4) is 0 Å². The Morgan fingerprint density at radius 3 is 2.70 bits per heavy atom. The second-order valence-electron chi connectivity index (χ2n) is 7.13. The number of nitrogens with zero attached hydrogens (tertiary/aromatic N) is 4. The maximum Gasteiger partial charge on any atom is 0.410 e. The van der Waals surface area contributed by atoms with Crippen LogP contribution in [0, 0.1) is 5.92 Å². The van der Waals surface area contributed by atoms with E-state index in [9.17, 15) is 4.79 Å². The molecule has 130 valence electrons. The summed E-state index contributed by atoms with van der Waals surface area (Å²) in [6.45, 7) is 10.2. The summed E-state index contributed by atoms with van der Waals surface area (Å²) in [7, 11) is 0. The molecule has 1 fully saturated rings. The van der Waals surface area contributed by atoms with Crippen LogP contribution in [-0.2, 0) is 11.3 Å². The fourth-order valence-electron chi connectivity index (χ4n) is 2.67. The molecule has 0 aliphatic carbocycles. The number of hydrogen-bond donors (Lipinski definition) is 1. The quantitative estimate of drug-likeness (QED) is 0.810. The molecule has 1 aromatic heterocycles. The predicted octanol–water partition coefficient (Wildman–Crippen LogP) is 1.90. The summed E-state index contributed by atoms with van der Waals surface area (Å²) in [6, 6.07) is 0. The van der Waals surface area contributed by atoms with Gasteiger partial charge in [-0.1, -0.05) is 5.21 Å². The maximum atomic E-state index is 12.0. The molecule has 2 rings (SSSR count). The predicted molar refractivity (Wildman–Crippen MR) is 88.0 cm³/mol. The molecule has 1 aliphatic rings. The zero-order valence-electron chi connectivity index (χ0n) is 14.5. The van der Waals surface area contributed by atoms with E-state index in [4.69, 9.17) is 4.74 Å². The van der Waals surface area contributed by atoms with E-state index in [-0.39, 0.29) is 6.09 Å². The number of aryl methyl sites for hydroxylation is 1. The van der Waals surface area contributed by atoms with Gasteiger partial charge in [0.05, 0.1) is 6.20 Å². The van der Waals surface area contributed by atoms with Crippen molar-refractivity contribution < 1.29 is 9.53 Å². The van der Waals surface area contributed by atoms with Crippen molar-refractivity contribution in [2.45, 2.75) is 52.2 Å². The summed E-state index contributed by atoms with van der Waals surface area (Å²) in [4.78, 5) is 13.8. The number of likely N-dealkylation sites (tertiary alicyclic amines) is 1. The summed E-state index contributed by atoms with van der Waals surface area (Å²) in [5.41, 5.74) is -0.417. The van der Waals surface area contributed by atoms with Crippen LogP contribution >= 0.6 is 0 Å². The number of amides is 1. The van der Waals surface area contributed by atoms with Gasteiger partial charge in [0.1, 0.15) is 5.60 Å². The lowest BCUT2D eigenvalue weighted by Gasteiger charge is -2.33. The highest BCUT2D eigenvalue weighted by Crippen LogP contribution is 2.19. The van der Waals surface area contributed by atoms with Crippen molar-refractivity contribution in [2.24, 2.45) is 5.92 Å². The number of aromatic nitrogens is 3. The van der Waals surface area contributed by atoms with Gasteiger partial charge in [-0.15, -0.1) is 5.10 Å². The average molecular weight is 323 g/mol. The largest absolute Gasteiger partial charge is 0.444 e. The molecule has 2 heterocycles. The zero-order valence-corrected chi connectivity index (χ0v) is 14.5. The molecule has 1 saturated heterocycles. The van der Waals surface area contributed by atoms with Crippen LogP contribution in [-0.4, -0.2) is 57.8 Å². The van der Waals surface area contributed by atoms with Crippen molar-refractivity contribution in [1.82, 2.24) is 25.2 Å². The van der Waals surface area contributed by atoms with E-state index >= 15 is 0 Å². The maximum absolute atomic E-state index is 12.0. The van der Waals surface area contributed by atoms with Gasteiger partial charge in [-0.2, -0.15) is 0 Å². The Kier molecular flexibility index (Phi) is 6.38. The van der Waals surface area contributed by atoms with Crippen molar-refractivity contribution in [2.75, 3.05) is 26.2 Å². The monoisotopic (exact) mass is 323 g/mol. The van der Waals surface area contributed by atoms with Crippen molar-refractivity contribution in [3.8, 4) is 0 Å². The molecule has 0 unspecified atom stereocenters. The molecule has 1 N–H and O–H groups in total. The molecule has 7 nitrogen and oxygen atoms in total. The molecule has 0 atom stereocenters. The van der Waals surface area contributed by atoms with Crippen LogP contribution in [0.15, 0.2) is 12.4 Å². The Labute approximate surface area is 138 Å². The standard InChI is InChI=1S/C16H29N5O2/c1-16(2,3)23-15(22)20-10-5-14(6-11-20)13-17-7-4-9-21-12-8-18-19-21/h8,12,14,17H,4-7,9-11,13H2,1-3H3. The van der Waals surface area contributed by atoms with Gasteiger partial charge in [-0.3, -0.25) is 4.68 Å². The summed E-state index contributed by atoms with van der Waals surface area (Å²) < 4.78 is 7.27. The van der Waals surface area contributed by atoms with Gasteiger partial charge < -0.3 is 15.0 Å². The Morgan fingerprint density at radius 2 is 2.09 bits per heavy atom. The first-order valence-corrected chi connectivity index (χ1v) is 8.47. The van der Waals surface area contributed by atoms with Gasteiger partial charge in [-0.25, -0.2) is 4.79 Å². The number of ether oxygens (including phenoxy) is 1. The lowest BCUT2D eigenvalue weighted by molar-refractivity contribution is 0.0184. The number of carbonyl (C=O) groups is 1. The Morgan fingerprint density at radius 1 is 1.35 bits per heavy atom. The molecule has 1 amide bonds. The molecular weight excluding hydrogens is 294 g/mol. The SMILES string of the molecule is CC(C)(C)OC(=O)N1CCC(CNCCCn2ccnn2)CC1. The van der Waals surface area contributed by atoms with Crippen LogP contribution < -0.4 is 5.32 Å². The van der Waals surface area contributed by atoms with E-state index in [1.807, 2.05) is 36.5 Å². The van der Waals surface area contributed by atoms with E-state index in [0.717, 1.165) is 52.0 Å². The molecular formula is C16H29N5O2. The highest BCUT2D eigenvalue weighted by atomic mass is 16.6. The minimum absolute atomic E-state index is 0.184. The first kappa shape index (κ1) is 17.7. The molecule has 7 heteroatoms. The lowest BCUT2D eigenvalue weighted by Crippen LogP contribution is -2.43. The summed E-state index contributed by atoms with van der Waals surface area (Å²) >= 11 is 0. The molecule has 0 spiro atoms. The molecule has 0 saturated carbocycles. The molecule has 1 aliphatic heterocycles. The van der Waals surface area contributed by atoms with Crippen molar-refractivity contribution in [3.63, 3.8) is 0 Å². The van der Waals surface area contributed by atoms with Crippen LogP contribution in [0.4, 0.5) is 4.79 Å². The van der Waals surface area contributed by atoms with E-state index < -0.39 is 5.60 Å². The average Bonchev–Trinajstić information content (AvgIpc) is 2.99. The second kappa shape index (κ2) is 8.29. The van der Waals surface area contributed by atoms with Gasteiger partial charge in [0.25, 0.3) is 0 Å². The van der Waals surface area contributed by atoms with E-state index in [2.05, 4.69) is 15.6 Å². The molecule has 1 aromatic rings. The molecule has 23 heavy (non-hydrogen) atoms. The minimum Gasteiger partial charge on any atom is -0.444 e. The first-order valence-electron chi connectivity index (χ1n) is 8.47. The van der Waals surface area contributed by atoms with Crippen LogP contribution in [0.2, 0.25) is 0 Å². The van der Waals surface area contributed by atoms with Crippen LogP contribution in [0.1, 0.15) is 40.0 Å². The number of rotatable bonds is 6. The number of carbonyl (C=O) groups excluding carboxylic acids is 1. The third-order valence-electron chi connectivity index (χ3n) is 3.91. The van der Waals surface area contributed by atoms with E-state index in [1.165, 1.54) is 0 Å². The molecule has 0 radical (unpaired) electrons. The van der Waals surface area contributed by atoms with Crippen LogP contribution in [0.5, 0.6) is 0 Å². The summed E-state index contributed by atoms with van der Waals surface area (Å²) in [6.07, 6.45) is 6.51. The first-order chi connectivity index (χ1) is 10.9. The van der Waals surface area contributed by atoms with E-state index in [1.54, 1.807) is 6.20 Å². The number of piperidine rings is 1. The van der Waals surface area contributed by atoms with Gasteiger partial charge in [-0.05, 0) is 59.0 Å². The normalized spacial score (nSPS) is 16.6. The minimum atomic E-state index is -0.417. The van der Waals surface area contributed by atoms with Gasteiger partial charge in [0.2, 0.25) is 0 Å². The lowest BCUT2D eigenvalue weighted by atomic mass is 9.97. The zero-order chi connectivity index (χ0) is 16.7. The Balaban J connectivity index is 1.55. The number of nitrogens with one attached hydrogen (secondary N) is 1. The number of hydrogen-bond acceptors (Lipinski definition) is 5. The smallest absolute Gasteiger partial charge is 0.410 e. The topological polar surface area (TPSA) is 72.3 Å². The third-order valence-corrected chi connectivity index (χ3v) is 3.91. The van der Waals surface area contributed by atoms with Gasteiger partial charge in [0, 0.05) is 25.8 Å². The van der Waals surface area contributed by atoms with Crippen molar-refractivity contribution in [3.05, 3.63) is 12.4 Å². The second-order valence-corrected chi connectivity index (χ2v) is 7.13. The Bertz CT molecular complexity index is 461. The van der Waals surface area contributed by atoms with Crippen molar-refractivity contribution >= 4 is 6.09 Å². The van der Waals surface area contributed by atoms with Crippen molar-refractivity contribution in [1.29, 1.82) is 0 Å². The fraction of sp³-hybridized carbons (Fsp3) is 0.812. The van der Waals surface area contributed by atoms with E-state index in [0.29, 0.717) is 5.92 Å². The van der Waals surface area contributed by atoms with Gasteiger partial charge in [0.15, 0.2) is 0 Å². The summed E-state index contributed by atoms with van der Waals surface area (Å²) in [5, 5.41) is 11.2.